The minimum absolute atomic E-state index is 0.207. The van der Waals surface area contributed by atoms with Crippen LogP contribution in [0.5, 0.6) is 5.75 Å². The first-order chi connectivity index (χ1) is 17.0. The molecular weight excluding hydrogens is 444 g/mol. The van der Waals surface area contributed by atoms with Gasteiger partial charge in [-0.1, -0.05) is 27.7 Å². The third-order valence-electron chi connectivity index (χ3n) is 5.81. The molecule has 0 bridgehead atoms. The van der Waals surface area contributed by atoms with Crippen LogP contribution in [-0.4, -0.2) is 79.4 Å². The van der Waals surface area contributed by atoms with Crippen molar-refractivity contribution in [1.29, 1.82) is 0 Å². The maximum absolute atomic E-state index is 10.0. The number of aliphatic hydroxyl groups excluding tert-OH is 1. The van der Waals surface area contributed by atoms with Crippen LogP contribution in [0.1, 0.15) is 39.2 Å². The fraction of sp³-hybridized carbons (Fsp3) is 0.538. The molecule has 9 nitrogen and oxygen atoms in total. The average molecular weight is 485 g/mol. The number of nitrogens with zero attached hydrogens (tertiary/aromatic N) is 4. The molecule has 9 heteroatoms. The molecule has 35 heavy (non-hydrogen) atoms. The molecular formula is C26H40N6O3. The average Bonchev–Trinajstić information content (AvgIpc) is 3.33. The molecule has 2 aromatic heterocycles. The molecule has 1 aromatic carbocycles. The summed E-state index contributed by atoms with van der Waals surface area (Å²) in [6.45, 7) is 12.0. The van der Waals surface area contributed by atoms with Crippen molar-refractivity contribution in [1.82, 2.24) is 19.9 Å². The maximum atomic E-state index is 10.0. The summed E-state index contributed by atoms with van der Waals surface area (Å²) in [5.74, 6) is 1.99. The highest BCUT2D eigenvalue weighted by molar-refractivity contribution is 5.73. The van der Waals surface area contributed by atoms with Gasteiger partial charge in [0.25, 0.3) is 0 Å². The molecule has 0 aliphatic carbocycles. The number of fused-ring (bicyclic) bond motifs is 1. The number of aromatic nitrogens is 3. The number of morpholine rings is 1. The highest BCUT2D eigenvalue weighted by Gasteiger charge is 2.20. The predicted molar refractivity (Wildman–Crippen MR) is 142 cm³/mol. The van der Waals surface area contributed by atoms with Crippen molar-refractivity contribution in [3.05, 3.63) is 36.0 Å². The fourth-order valence-electron chi connectivity index (χ4n) is 4.00. The highest BCUT2D eigenvalue weighted by atomic mass is 16.5. The van der Waals surface area contributed by atoms with Crippen LogP contribution in [0.2, 0.25) is 0 Å². The number of nitrogens with one attached hydrogen (secondary N) is 2. The minimum atomic E-state index is -0.584. The van der Waals surface area contributed by atoms with E-state index in [1.54, 1.807) is 7.05 Å². The van der Waals surface area contributed by atoms with Crippen molar-refractivity contribution >= 4 is 17.2 Å². The van der Waals surface area contributed by atoms with Crippen LogP contribution >= 0.6 is 0 Å². The Balaban J connectivity index is 0.00000167. The molecule has 1 saturated heterocycles. The standard InChI is InChI=1S/C24H34N6O3.C2H6/c1-16(2)21-14-27-30-23(29-5-7-32-8-6-29)12-22(28-24(21)30)17-9-18(26-4)11-20(10-17)33-15-19(31)13-25-3;1-2/h9-12,14,16,19,25-26,31H,5-8,13,15H2,1-4H3;1-2H3. The van der Waals surface area contributed by atoms with Gasteiger partial charge in [0.05, 0.1) is 25.1 Å². The first-order valence-electron chi connectivity index (χ1n) is 12.5. The van der Waals surface area contributed by atoms with E-state index in [2.05, 4.69) is 46.6 Å². The van der Waals surface area contributed by atoms with E-state index >= 15 is 0 Å². The van der Waals surface area contributed by atoms with E-state index in [-0.39, 0.29) is 6.61 Å². The number of benzene rings is 1. The number of ether oxygens (including phenoxy) is 2. The Bertz CT molecular complexity index is 1080. The Kier molecular flexibility index (Phi) is 9.71. The summed E-state index contributed by atoms with van der Waals surface area (Å²) >= 11 is 0. The lowest BCUT2D eigenvalue weighted by molar-refractivity contribution is 0.108. The first-order valence-corrected chi connectivity index (χ1v) is 12.5. The largest absolute Gasteiger partial charge is 0.491 e. The van der Waals surface area contributed by atoms with Gasteiger partial charge in [-0.2, -0.15) is 9.61 Å². The fourth-order valence-corrected chi connectivity index (χ4v) is 4.00. The Hall–Kier alpha value is -2.88. The molecule has 1 fully saturated rings. The van der Waals surface area contributed by atoms with Gasteiger partial charge in [-0.3, -0.25) is 0 Å². The lowest BCUT2D eigenvalue weighted by Crippen LogP contribution is -2.37. The van der Waals surface area contributed by atoms with E-state index < -0.39 is 6.10 Å². The van der Waals surface area contributed by atoms with E-state index in [4.69, 9.17) is 14.5 Å². The number of anilines is 2. The first kappa shape index (κ1) is 26.7. The van der Waals surface area contributed by atoms with Gasteiger partial charge in [0.15, 0.2) is 5.65 Å². The SMILES string of the molecule is CC.CNCC(O)COc1cc(NC)cc(-c2cc(N3CCOCC3)n3ncc(C(C)C)c3n2)c1. The molecule has 0 spiro atoms. The van der Waals surface area contributed by atoms with Gasteiger partial charge in [-0.05, 0) is 25.1 Å². The van der Waals surface area contributed by atoms with Gasteiger partial charge < -0.3 is 30.1 Å². The monoisotopic (exact) mass is 484 g/mol. The third kappa shape index (κ3) is 6.42. The number of rotatable bonds is 9. The molecule has 0 saturated carbocycles. The van der Waals surface area contributed by atoms with Gasteiger partial charge in [0.1, 0.15) is 24.3 Å². The van der Waals surface area contributed by atoms with Gasteiger partial charge in [0, 0.05) is 55.6 Å². The van der Waals surface area contributed by atoms with E-state index in [0.717, 1.165) is 47.1 Å². The van der Waals surface area contributed by atoms with Crippen molar-refractivity contribution in [3.63, 3.8) is 0 Å². The predicted octanol–water partition coefficient (Wildman–Crippen LogP) is 3.38. The molecule has 1 atom stereocenters. The van der Waals surface area contributed by atoms with Crippen molar-refractivity contribution in [3.8, 4) is 17.0 Å². The smallest absolute Gasteiger partial charge is 0.161 e. The second-order valence-corrected chi connectivity index (χ2v) is 8.61. The summed E-state index contributed by atoms with van der Waals surface area (Å²) in [7, 11) is 3.68. The summed E-state index contributed by atoms with van der Waals surface area (Å²) < 4.78 is 13.4. The van der Waals surface area contributed by atoms with E-state index in [0.29, 0.717) is 31.4 Å². The Morgan fingerprint density at radius 1 is 1.11 bits per heavy atom. The van der Waals surface area contributed by atoms with Gasteiger partial charge in [0.2, 0.25) is 0 Å². The second-order valence-electron chi connectivity index (χ2n) is 8.61. The number of aliphatic hydroxyl groups is 1. The summed E-state index contributed by atoms with van der Waals surface area (Å²) in [5, 5.41) is 20.9. The lowest BCUT2D eigenvalue weighted by atomic mass is 10.1. The van der Waals surface area contributed by atoms with Crippen LogP contribution in [0.3, 0.4) is 0 Å². The zero-order valence-corrected chi connectivity index (χ0v) is 21.8. The molecule has 3 N–H and O–H groups in total. The van der Waals surface area contributed by atoms with E-state index in [9.17, 15) is 5.11 Å². The summed E-state index contributed by atoms with van der Waals surface area (Å²) in [6, 6.07) is 8.05. The zero-order chi connectivity index (χ0) is 25.4. The molecule has 4 rings (SSSR count). The van der Waals surface area contributed by atoms with Crippen LogP contribution in [0.15, 0.2) is 30.5 Å². The van der Waals surface area contributed by atoms with Crippen LogP contribution < -0.4 is 20.3 Å². The van der Waals surface area contributed by atoms with Crippen LogP contribution in [0.4, 0.5) is 11.5 Å². The third-order valence-corrected chi connectivity index (χ3v) is 5.81. The zero-order valence-electron chi connectivity index (χ0n) is 21.8. The quantitative estimate of drug-likeness (QED) is 0.425. The Morgan fingerprint density at radius 2 is 1.86 bits per heavy atom. The summed E-state index contributed by atoms with van der Waals surface area (Å²) in [6.07, 6.45) is 1.34. The minimum Gasteiger partial charge on any atom is -0.491 e. The number of hydrogen-bond acceptors (Lipinski definition) is 8. The topological polar surface area (TPSA) is 96.2 Å². The van der Waals surface area contributed by atoms with Gasteiger partial charge in [-0.25, -0.2) is 4.98 Å². The van der Waals surface area contributed by atoms with Crippen molar-refractivity contribution in [2.24, 2.45) is 0 Å². The summed E-state index contributed by atoms with van der Waals surface area (Å²) in [5.41, 5.74) is 4.68. The normalized spacial score (nSPS) is 14.6. The van der Waals surface area contributed by atoms with Crippen LogP contribution in [0, 0.1) is 0 Å². The van der Waals surface area contributed by atoms with Crippen molar-refractivity contribution < 1.29 is 14.6 Å². The summed E-state index contributed by atoms with van der Waals surface area (Å²) in [4.78, 5) is 7.32. The van der Waals surface area contributed by atoms with Crippen molar-refractivity contribution in [2.45, 2.75) is 39.7 Å². The Labute approximate surface area is 208 Å². The van der Waals surface area contributed by atoms with Gasteiger partial charge >= 0.3 is 0 Å². The van der Waals surface area contributed by atoms with E-state index in [1.807, 2.05) is 43.7 Å². The molecule has 0 radical (unpaired) electrons. The molecule has 1 aliphatic rings. The van der Waals surface area contributed by atoms with Crippen LogP contribution in [0.25, 0.3) is 16.9 Å². The molecule has 1 unspecified atom stereocenters. The molecule has 192 valence electrons. The van der Waals surface area contributed by atoms with Crippen LogP contribution in [-0.2, 0) is 4.74 Å². The number of hydrogen-bond donors (Lipinski definition) is 3. The molecule has 3 heterocycles. The van der Waals surface area contributed by atoms with Gasteiger partial charge in [-0.15, -0.1) is 0 Å². The second kappa shape index (κ2) is 12.7. The molecule has 3 aromatic rings. The Morgan fingerprint density at radius 3 is 2.51 bits per heavy atom. The number of likely N-dealkylation sites (N-methyl/N-ethyl adjacent to an activating group) is 1. The van der Waals surface area contributed by atoms with Crippen molar-refractivity contribution in [2.75, 3.05) is 63.8 Å². The molecule has 1 aliphatic heterocycles. The maximum Gasteiger partial charge on any atom is 0.161 e. The molecule has 0 amide bonds. The van der Waals surface area contributed by atoms with E-state index in [1.165, 1.54) is 0 Å². The highest BCUT2D eigenvalue weighted by Crippen LogP contribution is 2.32. The lowest BCUT2D eigenvalue weighted by Gasteiger charge is -2.29.